The molecule has 2 fully saturated rings. The van der Waals surface area contributed by atoms with Gasteiger partial charge >= 0.3 is 12.1 Å². The number of nitrogens with one attached hydrogen (secondary N) is 1. The molecule has 0 radical (unpaired) electrons. The number of nitrogens with two attached hydrogens (primary N) is 1. The first-order valence-corrected chi connectivity index (χ1v) is 16.6. The fraction of sp³-hybridized carbons (Fsp3) is 0.853. The maximum absolute atomic E-state index is 14.1. The molecule has 46 heavy (non-hydrogen) atoms. The maximum atomic E-state index is 14.1. The number of amides is 1. The molecule has 1 amide bonds. The van der Waals surface area contributed by atoms with E-state index in [0.29, 0.717) is 19.3 Å². The van der Waals surface area contributed by atoms with Gasteiger partial charge in [-0.2, -0.15) is 0 Å². The summed E-state index contributed by atoms with van der Waals surface area (Å²) in [6.07, 6.45) is -1.88. The van der Waals surface area contributed by atoms with E-state index in [4.69, 9.17) is 24.7 Å². The van der Waals surface area contributed by atoms with Gasteiger partial charge in [-0.05, 0) is 66.0 Å². The number of likely N-dealkylation sites (N-methyl/N-ethyl adjacent to an activating group) is 1. The first-order valence-electron chi connectivity index (χ1n) is 16.6. The van der Waals surface area contributed by atoms with Crippen LogP contribution in [0.2, 0.25) is 0 Å². The van der Waals surface area contributed by atoms with Crippen molar-refractivity contribution in [3.63, 3.8) is 0 Å². The molecule has 12 nitrogen and oxygen atoms in total. The van der Waals surface area contributed by atoms with Crippen molar-refractivity contribution in [1.29, 1.82) is 0 Å². The third-order valence-corrected chi connectivity index (χ3v) is 10.5. The Kier molecular flexibility index (Phi) is 14.2. The maximum Gasteiger partial charge on any atom is 0.404 e. The van der Waals surface area contributed by atoms with Crippen LogP contribution in [-0.2, 0) is 28.5 Å². The number of carbonyl (C=O) groups excluding carboxylic acids is 2. The van der Waals surface area contributed by atoms with Crippen LogP contribution in [0.1, 0.15) is 81.6 Å². The molecule has 266 valence electrons. The molecule has 2 aliphatic rings. The lowest BCUT2D eigenvalue weighted by molar-refractivity contribution is -0.295. The zero-order valence-corrected chi connectivity index (χ0v) is 30.0. The van der Waals surface area contributed by atoms with Crippen molar-refractivity contribution >= 4 is 17.8 Å². The summed E-state index contributed by atoms with van der Waals surface area (Å²) in [6.45, 7) is 16.8. The number of hydrogen-bond donors (Lipinski definition) is 4. The Hall–Kier alpha value is -2.09. The van der Waals surface area contributed by atoms with Crippen molar-refractivity contribution in [2.45, 2.75) is 130 Å². The molecule has 2 heterocycles. The van der Waals surface area contributed by atoms with Crippen molar-refractivity contribution in [2.75, 3.05) is 27.7 Å². The van der Waals surface area contributed by atoms with E-state index in [-0.39, 0.29) is 30.5 Å². The molecule has 2 saturated heterocycles. The second kappa shape index (κ2) is 16.3. The van der Waals surface area contributed by atoms with Crippen molar-refractivity contribution in [3.8, 4) is 0 Å². The molecule has 0 aromatic rings. The molecule has 2 aliphatic heterocycles. The highest BCUT2D eigenvalue weighted by molar-refractivity contribution is 6.00. The predicted octanol–water partition coefficient (Wildman–Crippen LogP) is 3.59. The number of carbonyl (C=O) groups is 3. The molecule has 0 aliphatic carbocycles. The molecule has 2 rings (SSSR count). The highest BCUT2D eigenvalue weighted by atomic mass is 16.7. The normalized spacial score (nSPS) is 40.8. The van der Waals surface area contributed by atoms with Crippen LogP contribution in [0.25, 0.3) is 0 Å². The number of nitrogens with zero attached hydrogens (tertiary/aromatic N) is 1. The van der Waals surface area contributed by atoms with Crippen LogP contribution >= 0.6 is 0 Å². The molecule has 0 bridgehead atoms. The number of cyclic esters (lactones) is 1. The van der Waals surface area contributed by atoms with Crippen LogP contribution in [-0.4, -0.2) is 109 Å². The number of methoxy groups -OCH3 is 1. The Morgan fingerprint density at radius 1 is 1.13 bits per heavy atom. The van der Waals surface area contributed by atoms with Gasteiger partial charge in [0.05, 0.1) is 17.8 Å². The van der Waals surface area contributed by atoms with Crippen LogP contribution in [0.15, 0.2) is 11.6 Å². The van der Waals surface area contributed by atoms with Gasteiger partial charge in [-0.15, -0.1) is 0 Å². The lowest BCUT2D eigenvalue weighted by Gasteiger charge is -2.48. The first kappa shape index (κ1) is 40.1. The summed E-state index contributed by atoms with van der Waals surface area (Å²) in [7, 11) is 5.31. The van der Waals surface area contributed by atoms with Gasteiger partial charge in [-0.25, -0.2) is 4.79 Å². The zero-order valence-electron chi connectivity index (χ0n) is 30.0. The van der Waals surface area contributed by atoms with Crippen LogP contribution in [0, 0.1) is 29.1 Å². The van der Waals surface area contributed by atoms with Gasteiger partial charge < -0.3 is 45.1 Å². The molecular weight excluding hydrogens is 594 g/mol. The highest BCUT2D eigenvalue weighted by Crippen LogP contribution is 2.42. The number of esters is 1. The van der Waals surface area contributed by atoms with Gasteiger partial charge in [0.1, 0.15) is 18.1 Å². The topological polar surface area (TPSA) is 170 Å². The van der Waals surface area contributed by atoms with Crippen molar-refractivity contribution < 1.29 is 43.5 Å². The predicted molar refractivity (Wildman–Crippen MR) is 175 cm³/mol. The molecular formula is C34H61N3O9. The Morgan fingerprint density at radius 2 is 1.74 bits per heavy atom. The molecule has 4 unspecified atom stereocenters. The molecule has 5 N–H and O–H groups in total. The summed E-state index contributed by atoms with van der Waals surface area (Å²) in [5.74, 6) is -3.67. The minimum absolute atomic E-state index is 0.209. The van der Waals surface area contributed by atoms with Crippen molar-refractivity contribution in [1.82, 2.24) is 10.2 Å². The molecule has 0 saturated carbocycles. The lowest BCUT2D eigenvalue weighted by Crippen LogP contribution is -2.59. The summed E-state index contributed by atoms with van der Waals surface area (Å²) < 4.78 is 25.0. The quantitative estimate of drug-likeness (QED) is 0.180. The average molecular weight is 656 g/mol. The van der Waals surface area contributed by atoms with E-state index in [0.717, 1.165) is 5.57 Å². The van der Waals surface area contributed by atoms with Crippen molar-refractivity contribution in [3.05, 3.63) is 11.6 Å². The summed E-state index contributed by atoms with van der Waals surface area (Å²) in [4.78, 5) is 41.8. The second-order valence-electron chi connectivity index (χ2n) is 14.5. The van der Waals surface area contributed by atoms with Crippen LogP contribution < -0.4 is 11.1 Å². The third-order valence-electron chi connectivity index (χ3n) is 10.5. The van der Waals surface area contributed by atoms with Crippen LogP contribution in [0.3, 0.4) is 0 Å². The van der Waals surface area contributed by atoms with E-state index >= 15 is 0 Å². The smallest absolute Gasteiger partial charge is 0.404 e. The number of Topliss-reactive ketones (excluding diaryl/α,β-unsaturated/α-hetero) is 1. The van der Waals surface area contributed by atoms with Gasteiger partial charge in [0.2, 0.25) is 0 Å². The van der Waals surface area contributed by atoms with Gasteiger partial charge in [0.25, 0.3) is 0 Å². The number of aliphatic hydroxyl groups excluding tert-OH is 1. The Bertz CT molecular complexity index is 1080. The standard InChI is InChI=1S/C34H61N3O9/c1-13-25-33(7,8)28(36-32(41)42)20(4)23(14-15-35)18(2)17-34(9,43-12)29(21(5)26(38)22(6)30(40)45-25)46-31-27(39)24(37(10)11)16-19(3)44-31/h14,18-22,24-25,27-29,31,36,39H,13,15-17,35H2,1-12H3,(H,41,42)/b23-14+/t18-,19-,20?,21+,22?,24?,25-,27-,28?,29-,31+,34-/m1/s1. The summed E-state index contributed by atoms with van der Waals surface area (Å²) >= 11 is 0. The number of aliphatic hydroxyl groups is 1. The van der Waals surface area contributed by atoms with E-state index < -0.39 is 71.3 Å². The SMILES string of the molecule is CC[C@H]1OC(=O)C(C)C(=O)[C@H](C)[C@@H](O[C@@H]2O[C@H](C)CC(N(C)C)[C@H]2O)[C@](C)(OC)C[C@@H](C)/C(=C\CN)C(C)C(NC(=O)O)C1(C)C. The van der Waals surface area contributed by atoms with Crippen LogP contribution in [0.5, 0.6) is 0 Å². The zero-order chi connectivity index (χ0) is 35.3. The number of carboxylic acid groups (broad SMARTS) is 1. The average Bonchev–Trinajstić information content (AvgIpc) is 2.98. The van der Waals surface area contributed by atoms with Crippen LogP contribution in [0.4, 0.5) is 4.79 Å². The van der Waals surface area contributed by atoms with Gasteiger partial charge in [-0.3, -0.25) is 9.59 Å². The van der Waals surface area contributed by atoms with Crippen molar-refractivity contribution in [2.24, 2.45) is 34.8 Å². The van der Waals surface area contributed by atoms with Gasteiger partial charge in [-0.1, -0.05) is 53.2 Å². The molecule has 12 atom stereocenters. The Morgan fingerprint density at radius 3 is 2.24 bits per heavy atom. The van der Waals surface area contributed by atoms with E-state index in [2.05, 4.69) is 5.32 Å². The van der Waals surface area contributed by atoms with Gasteiger partial charge in [0, 0.05) is 37.1 Å². The van der Waals surface area contributed by atoms with E-state index in [1.165, 1.54) is 6.92 Å². The highest BCUT2D eigenvalue weighted by Gasteiger charge is 2.51. The second-order valence-corrected chi connectivity index (χ2v) is 14.5. The fourth-order valence-corrected chi connectivity index (χ4v) is 7.75. The molecule has 0 aromatic heterocycles. The van der Waals surface area contributed by atoms with E-state index in [9.17, 15) is 24.6 Å². The number of ketones is 1. The number of rotatable bonds is 7. The van der Waals surface area contributed by atoms with E-state index in [1.807, 2.05) is 73.5 Å². The summed E-state index contributed by atoms with van der Waals surface area (Å²) in [6, 6.07) is -0.917. The largest absolute Gasteiger partial charge is 0.465 e. The molecule has 0 aromatic carbocycles. The fourth-order valence-electron chi connectivity index (χ4n) is 7.75. The Labute approximate surface area is 275 Å². The third kappa shape index (κ3) is 8.87. The molecule has 0 spiro atoms. The minimum atomic E-state index is -1.20. The number of ether oxygens (including phenoxy) is 4. The minimum Gasteiger partial charge on any atom is -0.465 e. The lowest BCUT2D eigenvalue weighted by atomic mass is 9.67. The first-order chi connectivity index (χ1) is 21.3. The summed E-state index contributed by atoms with van der Waals surface area (Å²) in [5.41, 5.74) is 4.99. The van der Waals surface area contributed by atoms with Gasteiger partial charge in [0.15, 0.2) is 12.1 Å². The molecule has 12 heteroatoms. The summed E-state index contributed by atoms with van der Waals surface area (Å²) in [5, 5.41) is 24.0. The monoisotopic (exact) mass is 655 g/mol. The number of hydrogen-bond acceptors (Lipinski definition) is 10. The Balaban J connectivity index is 2.76. The van der Waals surface area contributed by atoms with E-state index in [1.54, 1.807) is 14.0 Å².